The van der Waals surface area contributed by atoms with Crippen molar-refractivity contribution >= 4 is 17.0 Å². The summed E-state index contributed by atoms with van der Waals surface area (Å²) >= 11 is 0. The summed E-state index contributed by atoms with van der Waals surface area (Å²) in [5.74, 6) is 0.0105. The topological polar surface area (TPSA) is 85.9 Å². The maximum Gasteiger partial charge on any atom is 0.420 e. The van der Waals surface area contributed by atoms with E-state index in [9.17, 15) is 9.59 Å². The van der Waals surface area contributed by atoms with E-state index >= 15 is 0 Å². The molecule has 1 aliphatic heterocycles. The Morgan fingerprint density at radius 3 is 2.60 bits per heavy atom. The molecule has 8 nitrogen and oxygen atoms in total. The number of rotatable bonds is 7. The van der Waals surface area contributed by atoms with E-state index < -0.39 is 5.76 Å². The molecule has 0 aliphatic carbocycles. The molecule has 2 heterocycles. The number of morpholine rings is 1. The molecule has 30 heavy (non-hydrogen) atoms. The molecule has 1 unspecified atom stereocenters. The van der Waals surface area contributed by atoms with E-state index in [1.807, 2.05) is 30.3 Å². The molecule has 158 valence electrons. The van der Waals surface area contributed by atoms with Gasteiger partial charge < -0.3 is 19.2 Å². The van der Waals surface area contributed by atoms with Crippen molar-refractivity contribution in [3.05, 3.63) is 64.6 Å². The lowest BCUT2D eigenvalue weighted by Gasteiger charge is -2.35. The van der Waals surface area contributed by atoms with Crippen molar-refractivity contribution in [2.45, 2.75) is 12.6 Å². The molecule has 1 N–H and O–H groups in total. The van der Waals surface area contributed by atoms with Crippen LogP contribution >= 0.6 is 0 Å². The molecule has 1 amide bonds. The van der Waals surface area contributed by atoms with Gasteiger partial charge in [0.15, 0.2) is 5.58 Å². The van der Waals surface area contributed by atoms with Gasteiger partial charge in [-0.15, -0.1) is 0 Å². The van der Waals surface area contributed by atoms with Crippen LogP contribution in [0.1, 0.15) is 11.6 Å². The SMILES string of the molecule is COc1ccc(C(CNC(=O)Cn2c(=O)oc3ccccc32)N2CCOCC2)cc1. The smallest absolute Gasteiger partial charge is 0.420 e. The number of carbonyl (C=O) groups is 1. The Labute approximate surface area is 174 Å². The summed E-state index contributed by atoms with van der Waals surface area (Å²) in [5.41, 5.74) is 2.17. The number of fused-ring (bicyclic) bond motifs is 1. The minimum atomic E-state index is -0.536. The number of hydrogen-bond donors (Lipinski definition) is 1. The Bertz CT molecular complexity index is 1050. The normalized spacial score (nSPS) is 15.8. The van der Waals surface area contributed by atoms with Crippen LogP contribution in [0.15, 0.2) is 57.7 Å². The molecule has 0 saturated carbocycles. The lowest BCUT2D eigenvalue weighted by Crippen LogP contribution is -2.44. The number of benzene rings is 2. The highest BCUT2D eigenvalue weighted by Crippen LogP contribution is 2.23. The first-order valence-corrected chi connectivity index (χ1v) is 9.96. The van der Waals surface area contributed by atoms with E-state index in [0.717, 1.165) is 24.4 Å². The number of aromatic nitrogens is 1. The molecular weight excluding hydrogens is 386 g/mol. The number of amides is 1. The monoisotopic (exact) mass is 411 g/mol. The number of methoxy groups -OCH3 is 1. The average Bonchev–Trinajstić information content (AvgIpc) is 3.10. The predicted octanol–water partition coefficient (Wildman–Crippen LogP) is 1.79. The number of carbonyl (C=O) groups excluding carboxylic acids is 1. The average molecular weight is 411 g/mol. The van der Waals surface area contributed by atoms with Gasteiger partial charge in [0, 0.05) is 19.6 Å². The predicted molar refractivity (Wildman–Crippen MR) is 112 cm³/mol. The number of oxazole rings is 1. The number of nitrogens with one attached hydrogen (secondary N) is 1. The summed E-state index contributed by atoms with van der Waals surface area (Å²) < 4.78 is 17.3. The van der Waals surface area contributed by atoms with E-state index in [-0.39, 0.29) is 18.5 Å². The quantitative estimate of drug-likeness (QED) is 0.638. The molecule has 1 atom stereocenters. The summed E-state index contributed by atoms with van der Waals surface area (Å²) in [6.45, 7) is 3.24. The first-order valence-electron chi connectivity index (χ1n) is 9.96. The van der Waals surface area contributed by atoms with Crippen LogP contribution in [-0.4, -0.2) is 55.3 Å². The minimum absolute atomic E-state index is 0.00146. The summed E-state index contributed by atoms with van der Waals surface area (Å²) in [4.78, 5) is 27.1. The Hall–Kier alpha value is -3.10. The number of ether oxygens (including phenoxy) is 2. The van der Waals surface area contributed by atoms with Crippen LogP contribution in [0.4, 0.5) is 0 Å². The minimum Gasteiger partial charge on any atom is -0.497 e. The Morgan fingerprint density at radius 2 is 1.87 bits per heavy atom. The highest BCUT2D eigenvalue weighted by Gasteiger charge is 2.23. The van der Waals surface area contributed by atoms with Gasteiger partial charge in [-0.2, -0.15) is 0 Å². The van der Waals surface area contributed by atoms with Gasteiger partial charge in [0.25, 0.3) is 0 Å². The van der Waals surface area contributed by atoms with Gasteiger partial charge in [0.05, 0.1) is 31.9 Å². The highest BCUT2D eigenvalue weighted by molar-refractivity contribution is 5.79. The van der Waals surface area contributed by atoms with Gasteiger partial charge >= 0.3 is 5.76 Å². The summed E-state index contributed by atoms with van der Waals surface area (Å²) in [5, 5.41) is 2.98. The summed E-state index contributed by atoms with van der Waals surface area (Å²) in [6.07, 6.45) is 0. The standard InChI is InChI=1S/C22H25N3O5/c1-28-17-8-6-16(7-9-17)19(24-10-12-29-13-11-24)14-23-21(26)15-25-18-4-2-3-5-20(18)30-22(25)27/h2-9,19H,10-15H2,1H3,(H,23,26). The molecule has 1 aromatic heterocycles. The van der Waals surface area contributed by atoms with Gasteiger partial charge in [-0.25, -0.2) is 4.79 Å². The van der Waals surface area contributed by atoms with Crippen LogP contribution in [0.2, 0.25) is 0 Å². The zero-order valence-corrected chi connectivity index (χ0v) is 16.9. The van der Waals surface area contributed by atoms with Gasteiger partial charge in [-0.1, -0.05) is 24.3 Å². The molecule has 1 saturated heterocycles. The van der Waals surface area contributed by atoms with Crippen LogP contribution in [0.25, 0.3) is 11.1 Å². The maximum atomic E-state index is 12.6. The molecule has 0 radical (unpaired) electrons. The van der Waals surface area contributed by atoms with Crippen molar-refractivity contribution in [3.8, 4) is 5.75 Å². The number of hydrogen-bond acceptors (Lipinski definition) is 6. The molecule has 1 aliphatic rings. The third-order valence-corrected chi connectivity index (χ3v) is 5.36. The fourth-order valence-electron chi connectivity index (χ4n) is 3.75. The van der Waals surface area contributed by atoms with E-state index in [1.54, 1.807) is 25.3 Å². The molecule has 0 bridgehead atoms. The van der Waals surface area contributed by atoms with Crippen LogP contribution in [0.5, 0.6) is 5.75 Å². The van der Waals surface area contributed by atoms with E-state index in [1.165, 1.54) is 4.57 Å². The molecule has 1 fully saturated rings. The highest BCUT2D eigenvalue weighted by atomic mass is 16.5. The summed E-state index contributed by atoms with van der Waals surface area (Å²) in [7, 11) is 1.64. The van der Waals surface area contributed by atoms with E-state index in [0.29, 0.717) is 30.9 Å². The third kappa shape index (κ3) is 4.39. The van der Waals surface area contributed by atoms with Gasteiger partial charge in [-0.3, -0.25) is 14.3 Å². The lowest BCUT2D eigenvalue weighted by atomic mass is 10.0. The molecule has 3 aromatic rings. The van der Waals surface area contributed by atoms with Crippen molar-refractivity contribution in [2.75, 3.05) is 40.0 Å². The number of nitrogens with zero attached hydrogens (tertiary/aromatic N) is 2. The molecule has 0 spiro atoms. The third-order valence-electron chi connectivity index (χ3n) is 5.36. The second-order valence-corrected chi connectivity index (χ2v) is 7.16. The zero-order valence-electron chi connectivity index (χ0n) is 16.9. The first kappa shape index (κ1) is 20.2. The largest absolute Gasteiger partial charge is 0.497 e. The maximum absolute atomic E-state index is 12.6. The zero-order chi connectivity index (χ0) is 20.9. The van der Waals surface area contributed by atoms with Crippen LogP contribution in [0.3, 0.4) is 0 Å². The Balaban J connectivity index is 1.47. The molecular formula is C22H25N3O5. The van der Waals surface area contributed by atoms with Crippen LogP contribution in [0, 0.1) is 0 Å². The van der Waals surface area contributed by atoms with Crippen molar-refractivity contribution in [1.82, 2.24) is 14.8 Å². The van der Waals surface area contributed by atoms with Gasteiger partial charge in [0.2, 0.25) is 5.91 Å². The number of para-hydroxylation sites is 2. The van der Waals surface area contributed by atoms with E-state index in [4.69, 9.17) is 13.9 Å². The van der Waals surface area contributed by atoms with Crippen molar-refractivity contribution < 1.29 is 18.7 Å². The van der Waals surface area contributed by atoms with E-state index in [2.05, 4.69) is 10.2 Å². The molecule has 8 heteroatoms. The first-order chi connectivity index (χ1) is 14.7. The van der Waals surface area contributed by atoms with Crippen LogP contribution in [-0.2, 0) is 16.1 Å². The van der Waals surface area contributed by atoms with Gasteiger partial charge in [-0.05, 0) is 29.8 Å². The Kier molecular flexibility index (Phi) is 6.15. The van der Waals surface area contributed by atoms with Crippen LogP contribution < -0.4 is 15.8 Å². The second-order valence-electron chi connectivity index (χ2n) is 7.16. The lowest BCUT2D eigenvalue weighted by molar-refractivity contribution is -0.122. The fourth-order valence-corrected chi connectivity index (χ4v) is 3.75. The molecule has 2 aromatic carbocycles. The van der Waals surface area contributed by atoms with Crippen molar-refractivity contribution in [2.24, 2.45) is 0 Å². The van der Waals surface area contributed by atoms with Crippen molar-refractivity contribution in [3.63, 3.8) is 0 Å². The van der Waals surface area contributed by atoms with Gasteiger partial charge in [0.1, 0.15) is 12.3 Å². The second kappa shape index (κ2) is 9.15. The van der Waals surface area contributed by atoms with Crippen molar-refractivity contribution in [1.29, 1.82) is 0 Å². The Morgan fingerprint density at radius 1 is 1.13 bits per heavy atom. The fraction of sp³-hybridized carbons (Fsp3) is 0.364. The molecule has 4 rings (SSSR count). The summed E-state index contributed by atoms with van der Waals surface area (Å²) in [6, 6.07) is 14.9.